The van der Waals surface area contributed by atoms with Crippen LogP contribution in [0, 0.1) is 17.0 Å². The summed E-state index contributed by atoms with van der Waals surface area (Å²) in [5, 5.41) is 18.7. The Morgan fingerprint density at radius 3 is 2.56 bits per heavy atom. The van der Waals surface area contributed by atoms with E-state index in [1.54, 1.807) is 42.1 Å². The third-order valence-corrected chi connectivity index (χ3v) is 5.46. The molecule has 5 rings (SSSR count). The van der Waals surface area contributed by atoms with Gasteiger partial charge in [-0.3, -0.25) is 14.9 Å². The van der Waals surface area contributed by atoms with Crippen LogP contribution in [0.4, 0.5) is 11.4 Å². The molecule has 1 aliphatic heterocycles. The predicted octanol–water partition coefficient (Wildman–Crippen LogP) is 4.78. The SMILES string of the molecule is Cc1ccc(NC(=O)c2cn(-c3ccccc3)nc2-c2ccc3c(c2)OCCO3)cc1[N+](=O)[O-]. The van der Waals surface area contributed by atoms with Gasteiger partial charge >= 0.3 is 0 Å². The van der Waals surface area contributed by atoms with Gasteiger partial charge in [-0.05, 0) is 43.3 Å². The molecule has 1 aromatic heterocycles. The Hall–Kier alpha value is -4.66. The largest absolute Gasteiger partial charge is 0.486 e. The van der Waals surface area contributed by atoms with E-state index in [1.807, 2.05) is 36.4 Å². The Kier molecular flexibility index (Phi) is 5.43. The molecule has 4 aromatic rings. The summed E-state index contributed by atoms with van der Waals surface area (Å²) in [6.07, 6.45) is 1.64. The van der Waals surface area contributed by atoms with E-state index in [2.05, 4.69) is 10.4 Å². The van der Waals surface area contributed by atoms with E-state index in [9.17, 15) is 14.9 Å². The fourth-order valence-corrected chi connectivity index (χ4v) is 3.74. The number of aryl methyl sites for hydroxylation is 1. The average Bonchev–Trinajstić information content (AvgIpc) is 3.31. The van der Waals surface area contributed by atoms with Crippen molar-refractivity contribution in [3.63, 3.8) is 0 Å². The lowest BCUT2D eigenvalue weighted by molar-refractivity contribution is -0.385. The molecule has 0 saturated carbocycles. The van der Waals surface area contributed by atoms with Gasteiger partial charge in [-0.2, -0.15) is 5.10 Å². The highest BCUT2D eigenvalue weighted by atomic mass is 16.6. The molecule has 1 amide bonds. The Labute approximate surface area is 194 Å². The molecule has 0 aliphatic carbocycles. The number of ether oxygens (including phenoxy) is 2. The number of nitro groups is 1. The number of amides is 1. The number of nitrogens with one attached hydrogen (secondary N) is 1. The van der Waals surface area contributed by atoms with Crippen molar-refractivity contribution in [3.8, 4) is 28.4 Å². The Morgan fingerprint density at radius 1 is 1.03 bits per heavy atom. The Bertz CT molecular complexity index is 1400. The molecule has 170 valence electrons. The first kappa shape index (κ1) is 21.2. The number of hydrogen-bond acceptors (Lipinski definition) is 6. The summed E-state index contributed by atoms with van der Waals surface area (Å²) in [5.41, 5.74) is 2.98. The van der Waals surface area contributed by atoms with Crippen LogP contribution in [0.3, 0.4) is 0 Å². The van der Waals surface area contributed by atoms with Gasteiger partial charge in [0.2, 0.25) is 0 Å². The maximum Gasteiger partial charge on any atom is 0.274 e. The second-order valence-corrected chi connectivity index (χ2v) is 7.74. The van der Waals surface area contributed by atoms with E-state index in [1.165, 1.54) is 6.07 Å². The number of aromatic nitrogens is 2. The summed E-state index contributed by atoms with van der Waals surface area (Å²) in [5.74, 6) is 0.777. The molecule has 1 N–H and O–H groups in total. The third-order valence-electron chi connectivity index (χ3n) is 5.46. The van der Waals surface area contributed by atoms with E-state index in [-0.39, 0.29) is 5.69 Å². The predicted molar refractivity (Wildman–Crippen MR) is 126 cm³/mol. The number of benzene rings is 3. The van der Waals surface area contributed by atoms with Crippen LogP contribution >= 0.6 is 0 Å². The second-order valence-electron chi connectivity index (χ2n) is 7.74. The van der Waals surface area contributed by atoms with Crippen molar-refractivity contribution >= 4 is 17.3 Å². The highest BCUT2D eigenvalue weighted by Crippen LogP contribution is 2.35. The first-order valence-corrected chi connectivity index (χ1v) is 10.6. The zero-order chi connectivity index (χ0) is 23.7. The minimum absolute atomic E-state index is 0.0650. The smallest absolute Gasteiger partial charge is 0.274 e. The molecule has 9 heteroatoms. The van der Waals surface area contributed by atoms with Crippen LogP contribution in [0.2, 0.25) is 0 Å². The summed E-state index contributed by atoms with van der Waals surface area (Å²) in [7, 11) is 0. The van der Waals surface area contributed by atoms with Gasteiger partial charge in [-0.1, -0.05) is 24.3 Å². The minimum atomic E-state index is -0.473. The summed E-state index contributed by atoms with van der Waals surface area (Å²) in [4.78, 5) is 24.1. The number of rotatable bonds is 5. The topological polar surface area (TPSA) is 109 Å². The quantitative estimate of drug-likeness (QED) is 0.342. The second kappa shape index (κ2) is 8.70. The van der Waals surface area contributed by atoms with Gasteiger partial charge < -0.3 is 14.8 Å². The van der Waals surface area contributed by atoms with Crippen LogP contribution in [-0.4, -0.2) is 33.8 Å². The van der Waals surface area contributed by atoms with Crippen LogP contribution in [0.15, 0.2) is 72.9 Å². The van der Waals surface area contributed by atoms with Crippen molar-refractivity contribution in [2.24, 2.45) is 0 Å². The van der Waals surface area contributed by atoms with Gasteiger partial charge in [0.15, 0.2) is 11.5 Å². The summed E-state index contributed by atoms with van der Waals surface area (Å²) in [6, 6.07) is 19.4. The Balaban J connectivity index is 1.56. The number of carbonyl (C=O) groups is 1. The van der Waals surface area contributed by atoms with Gasteiger partial charge in [0, 0.05) is 29.1 Å². The molecule has 2 heterocycles. The molecule has 1 aliphatic rings. The molecule has 9 nitrogen and oxygen atoms in total. The molecular weight excluding hydrogens is 436 g/mol. The normalized spacial score (nSPS) is 12.3. The number of nitrogens with zero attached hydrogens (tertiary/aromatic N) is 3. The number of hydrogen-bond donors (Lipinski definition) is 1. The molecule has 0 spiro atoms. The lowest BCUT2D eigenvalue weighted by Gasteiger charge is -2.18. The summed E-state index contributed by atoms with van der Waals surface area (Å²) < 4.78 is 12.9. The van der Waals surface area contributed by atoms with Gasteiger partial charge in [0.05, 0.1) is 16.2 Å². The van der Waals surface area contributed by atoms with Crippen LogP contribution in [0.5, 0.6) is 11.5 Å². The van der Waals surface area contributed by atoms with E-state index >= 15 is 0 Å². The summed E-state index contributed by atoms with van der Waals surface area (Å²) >= 11 is 0. The maximum atomic E-state index is 13.3. The van der Waals surface area contributed by atoms with Crippen LogP contribution in [0.1, 0.15) is 15.9 Å². The van der Waals surface area contributed by atoms with Gasteiger partial charge in [-0.15, -0.1) is 0 Å². The average molecular weight is 456 g/mol. The van der Waals surface area contributed by atoms with E-state index in [4.69, 9.17) is 9.47 Å². The minimum Gasteiger partial charge on any atom is -0.486 e. The van der Waals surface area contributed by atoms with Crippen LogP contribution in [0.25, 0.3) is 16.9 Å². The Morgan fingerprint density at radius 2 is 1.79 bits per heavy atom. The van der Waals surface area contributed by atoms with Crippen molar-refractivity contribution in [3.05, 3.63) is 94.2 Å². The van der Waals surface area contributed by atoms with Crippen LogP contribution < -0.4 is 14.8 Å². The fraction of sp³-hybridized carbons (Fsp3) is 0.120. The van der Waals surface area contributed by atoms with E-state index < -0.39 is 10.8 Å². The number of para-hydroxylation sites is 1. The van der Waals surface area contributed by atoms with Gasteiger partial charge in [0.1, 0.15) is 18.9 Å². The fourth-order valence-electron chi connectivity index (χ4n) is 3.74. The van der Waals surface area contributed by atoms with Crippen molar-refractivity contribution in [1.29, 1.82) is 0 Å². The van der Waals surface area contributed by atoms with Gasteiger partial charge in [-0.25, -0.2) is 4.68 Å². The molecule has 0 unspecified atom stereocenters. The van der Waals surface area contributed by atoms with Crippen molar-refractivity contribution in [2.45, 2.75) is 6.92 Å². The number of nitro benzene ring substituents is 1. The third kappa shape index (κ3) is 4.06. The van der Waals surface area contributed by atoms with Gasteiger partial charge in [0.25, 0.3) is 11.6 Å². The first-order valence-electron chi connectivity index (χ1n) is 10.6. The maximum absolute atomic E-state index is 13.3. The van der Waals surface area contributed by atoms with E-state index in [0.717, 1.165) is 5.69 Å². The molecule has 0 fully saturated rings. The highest BCUT2D eigenvalue weighted by Gasteiger charge is 2.22. The number of carbonyl (C=O) groups excluding carboxylic acids is 1. The lowest BCUT2D eigenvalue weighted by atomic mass is 10.1. The van der Waals surface area contributed by atoms with Crippen molar-refractivity contribution < 1.29 is 19.2 Å². The van der Waals surface area contributed by atoms with E-state index in [0.29, 0.717) is 52.8 Å². The summed E-state index contributed by atoms with van der Waals surface area (Å²) in [6.45, 7) is 2.56. The number of anilines is 1. The first-order chi connectivity index (χ1) is 16.5. The van der Waals surface area contributed by atoms with Crippen molar-refractivity contribution in [2.75, 3.05) is 18.5 Å². The molecule has 0 radical (unpaired) electrons. The molecule has 3 aromatic carbocycles. The molecular formula is C25H20N4O5. The monoisotopic (exact) mass is 456 g/mol. The zero-order valence-electron chi connectivity index (χ0n) is 18.2. The lowest BCUT2D eigenvalue weighted by Crippen LogP contribution is -2.15. The standard InChI is InChI=1S/C25H20N4O5/c1-16-7-9-18(14-21(16)29(31)32)26-25(30)20-15-28(19-5-3-2-4-6-19)27-24(20)17-8-10-22-23(13-17)34-12-11-33-22/h2-10,13-15H,11-12H2,1H3,(H,26,30). The molecule has 34 heavy (non-hydrogen) atoms. The molecule has 0 atom stereocenters. The van der Waals surface area contributed by atoms with Crippen molar-refractivity contribution in [1.82, 2.24) is 9.78 Å². The highest BCUT2D eigenvalue weighted by molar-refractivity contribution is 6.08. The number of fused-ring (bicyclic) bond motifs is 1. The molecule has 0 saturated heterocycles. The molecule has 0 bridgehead atoms. The zero-order valence-corrected chi connectivity index (χ0v) is 18.2. The van der Waals surface area contributed by atoms with Crippen LogP contribution in [-0.2, 0) is 0 Å².